The van der Waals surface area contributed by atoms with Crippen LogP contribution in [0.4, 0.5) is 0 Å². The van der Waals surface area contributed by atoms with E-state index in [1.165, 1.54) is 25.3 Å². The first-order valence-electron chi connectivity index (χ1n) is 9.39. The Morgan fingerprint density at radius 3 is 2.45 bits per heavy atom. The fourth-order valence-corrected chi connectivity index (χ4v) is 3.38. The number of methoxy groups -OCH3 is 1. The molecule has 1 aliphatic heterocycles. The van der Waals surface area contributed by atoms with Crippen LogP contribution in [0.15, 0.2) is 57.9 Å². The average Bonchev–Trinajstić information content (AvgIpc) is 3.15. The number of aromatic amines is 1. The maximum atomic E-state index is 11.6. The maximum Gasteiger partial charge on any atom is 0.269 e. The molecule has 0 saturated heterocycles. The van der Waals surface area contributed by atoms with E-state index in [0.29, 0.717) is 56.2 Å². The van der Waals surface area contributed by atoms with Gasteiger partial charge in [-0.3, -0.25) is 15.1 Å². The Hall–Kier alpha value is -4.01. The molecule has 0 amide bonds. The maximum absolute atomic E-state index is 11.6. The van der Waals surface area contributed by atoms with Gasteiger partial charge in [-0.05, 0) is 44.4 Å². The van der Waals surface area contributed by atoms with Gasteiger partial charge in [-0.2, -0.15) is 10.5 Å². The molecule has 158 valence electrons. The summed E-state index contributed by atoms with van der Waals surface area (Å²) in [6.45, 7) is 11.4. The second-order valence-corrected chi connectivity index (χ2v) is 6.98. The smallest absolute Gasteiger partial charge is 0.269 e. The average molecular weight is 417 g/mol. The summed E-state index contributed by atoms with van der Waals surface area (Å²) in [6.07, 6.45) is 4.22. The number of aromatic nitrogens is 1. The predicted octanol–water partition coefficient (Wildman–Crippen LogP) is 4.45. The van der Waals surface area contributed by atoms with Gasteiger partial charge in [0.15, 0.2) is 0 Å². The molecule has 0 saturated carbocycles. The minimum atomic E-state index is -0.514. The Morgan fingerprint density at radius 1 is 1.29 bits per heavy atom. The van der Waals surface area contributed by atoms with Crippen molar-refractivity contribution in [3.05, 3.63) is 85.5 Å². The summed E-state index contributed by atoms with van der Waals surface area (Å²) in [6, 6.07) is 4.32. The standard InChI is InChI=1S/C23H23N5O3/c1-13(10-18(28(29)30)8-7-9-31-6)21(22-14(2)19(11-24)16(4)26-22)23-15(3)20(12-25)17(5)27-23/h7-8,10,26H,1,9H2,2-6H3/b8-7-,18-10+,23-21-. The Labute approximate surface area is 181 Å². The van der Waals surface area contributed by atoms with Crippen LogP contribution in [0, 0.1) is 46.6 Å². The van der Waals surface area contributed by atoms with E-state index in [-0.39, 0.29) is 12.3 Å². The van der Waals surface area contributed by atoms with Crippen molar-refractivity contribution < 1.29 is 9.66 Å². The van der Waals surface area contributed by atoms with Crippen LogP contribution < -0.4 is 0 Å². The van der Waals surface area contributed by atoms with Crippen LogP contribution >= 0.6 is 0 Å². The minimum absolute atomic E-state index is 0.178. The highest BCUT2D eigenvalue weighted by Gasteiger charge is 2.26. The van der Waals surface area contributed by atoms with Gasteiger partial charge in [0.05, 0.1) is 39.8 Å². The zero-order valence-electron chi connectivity index (χ0n) is 18.2. The van der Waals surface area contributed by atoms with Crippen LogP contribution in [-0.2, 0) is 4.74 Å². The van der Waals surface area contributed by atoms with Gasteiger partial charge >= 0.3 is 0 Å². The van der Waals surface area contributed by atoms with Crippen molar-refractivity contribution >= 4 is 11.3 Å². The van der Waals surface area contributed by atoms with E-state index >= 15 is 0 Å². The first-order valence-corrected chi connectivity index (χ1v) is 9.39. The molecule has 31 heavy (non-hydrogen) atoms. The van der Waals surface area contributed by atoms with E-state index in [2.05, 4.69) is 28.7 Å². The molecule has 1 N–H and O–H groups in total. The summed E-state index contributed by atoms with van der Waals surface area (Å²) in [4.78, 5) is 18.8. The van der Waals surface area contributed by atoms with Crippen molar-refractivity contribution in [2.45, 2.75) is 27.7 Å². The summed E-state index contributed by atoms with van der Waals surface area (Å²) in [5.41, 5.74) is 5.21. The van der Waals surface area contributed by atoms with Crippen molar-refractivity contribution in [3.8, 4) is 12.1 Å². The lowest BCUT2D eigenvalue weighted by atomic mass is 9.94. The van der Waals surface area contributed by atoms with Gasteiger partial charge in [-0.15, -0.1) is 0 Å². The van der Waals surface area contributed by atoms with E-state index in [9.17, 15) is 20.6 Å². The monoisotopic (exact) mass is 417 g/mol. The molecule has 1 aromatic heterocycles. The summed E-state index contributed by atoms with van der Waals surface area (Å²) in [5, 5.41) is 30.5. The Kier molecular flexibility index (Phi) is 7.25. The molecule has 0 bridgehead atoms. The van der Waals surface area contributed by atoms with Crippen LogP contribution in [0.2, 0.25) is 0 Å². The van der Waals surface area contributed by atoms with Gasteiger partial charge in [0.2, 0.25) is 0 Å². The van der Waals surface area contributed by atoms with Gasteiger partial charge in [-0.25, -0.2) is 0 Å². The number of nitrogens with one attached hydrogen (secondary N) is 1. The molecule has 1 aromatic rings. The van der Waals surface area contributed by atoms with Crippen LogP contribution in [0.5, 0.6) is 0 Å². The lowest BCUT2D eigenvalue weighted by molar-refractivity contribution is -0.419. The third-order valence-corrected chi connectivity index (χ3v) is 4.92. The third-order valence-electron chi connectivity index (χ3n) is 4.92. The largest absolute Gasteiger partial charge is 0.381 e. The number of aliphatic imine (C=N–C) groups is 1. The second kappa shape index (κ2) is 9.66. The Balaban J connectivity index is 2.82. The summed E-state index contributed by atoms with van der Waals surface area (Å²) in [7, 11) is 1.49. The summed E-state index contributed by atoms with van der Waals surface area (Å²) < 4.78 is 4.91. The van der Waals surface area contributed by atoms with E-state index in [4.69, 9.17) is 4.74 Å². The fourth-order valence-electron chi connectivity index (χ4n) is 3.38. The molecule has 0 aliphatic carbocycles. The zero-order valence-corrected chi connectivity index (χ0v) is 18.2. The molecule has 0 radical (unpaired) electrons. The number of aryl methyl sites for hydroxylation is 1. The van der Waals surface area contributed by atoms with Crippen LogP contribution in [0.25, 0.3) is 5.57 Å². The number of nitriles is 2. The van der Waals surface area contributed by atoms with Crippen molar-refractivity contribution in [1.29, 1.82) is 10.5 Å². The highest BCUT2D eigenvalue weighted by molar-refractivity contribution is 6.08. The molecule has 2 rings (SSSR count). The van der Waals surface area contributed by atoms with Crippen LogP contribution in [0.1, 0.15) is 36.4 Å². The first kappa shape index (κ1) is 23.3. The zero-order chi connectivity index (χ0) is 23.3. The number of hydrogen-bond donors (Lipinski definition) is 1. The molecule has 0 unspecified atom stereocenters. The molecule has 1 aliphatic rings. The van der Waals surface area contributed by atoms with Gasteiger partial charge in [0.25, 0.3) is 5.70 Å². The SMILES string of the molecule is C=C(/C=C(\C=C/COC)[N+](=O)[O-])/C(=C1/N=C(C)C(C#N)=C1C)c1[nH]c(C)c(C#N)c1C. The lowest BCUT2D eigenvalue weighted by Crippen LogP contribution is -2.00. The molecular weight excluding hydrogens is 394 g/mol. The second-order valence-electron chi connectivity index (χ2n) is 6.98. The topological polar surface area (TPSA) is 128 Å². The molecule has 8 heteroatoms. The molecule has 8 nitrogen and oxygen atoms in total. The molecule has 0 aromatic carbocycles. The number of allylic oxidation sites excluding steroid dienone is 6. The minimum Gasteiger partial charge on any atom is -0.381 e. The highest BCUT2D eigenvalue weighted by Crippen LogP contribution is 2.38. The van der Waals surface area contributed by atoms with Crippen molar-refractivity contribution in [1.82, 2.24) is 4.98 Å². The van der Waals surface area contributed by atoms with Crippen molar-refractivity contribution in [2.75, 3.05) is 13.7 Å². The summed E-state index contributed by atoms with van der Waals surface area (Å²) in [5.74, 6) is 0. The fraction of sp³-hybridized carbons (Fsp3) is 0.261. The normalized spacial score (nSPS) is 15.7. The Bertz CT molecular complexity index is 1190. The molecule has 0 fully saturated rings. The van der Waals surface area contributed by atoms with Crippen molar-refractivity contribution in [2.24, 2.45) is 4.99 Å². The van der Waals surface area contributed by atoms with Crippen molar-refractivity contribution in [3.63, 3.8) is 0 Å². The van der Waals surface area contributed by atoms with Crippen LogP contribution in [-0.4, -0.2) is 29.3 Å². The van der Waals surface area contributed by atoms with Gasteiger partial charge < -0.3 is 9.72 Å². The number of rotatable bonds is 7. The molecule has 2 heterocycles. The number of hydrogen-bond acceptors (Lipinski definition) is 6. The molecular formula is C23H23N5O3. The quantitative estimate of drug-likeness (QED) is 0.398. The number of nitrogens with zero attached hydrogens (tertiary/aromatic N) is 4. The van der Waals surface area contributed by atoms with Gasteiger partial charge in [-0.1, -0.05) is 12.7 Å². The number of ether oxygens (including phenoxy) is 1. The highest BCUT2D eigenvalue weighted by atomic mass is 16.6. The lowest BCUT2D eigenvalue weighted by Gasteiger charge is -2.12. The van der Waals surface area contributed by atoms with Gasteiger partial charge in [0, 0.05) is 30.5 Å². The van der Waals surface area contributed by atoms with E-state index in [1.54, 1.807) is 27.7 Å². The number of nitro groups is 1. The third kappa shape index (κ3) is 4.61. The Morgan fingerprint density at radius 2 is 1.97 bits per heavy atom. The van der Waals surface area contributed by atoms with E-state index in [0.717, 1.165) is 0 Å². The molecule has 0 atom stereocenters. The van der Waals surface area contributed by atoms with Crippen LogP contribution in [0.3, 0.4) is 0 Å². The first-order chi connectivity index (χ1) is 14.7. The summed E-state index contributed by atoms with van der Waals surface area (Å²) >= 11 is 0. The van der Waals surface area contributed by atoms with E-state index in [1.807, 2.05) is 0 Å². The number of H-pyrrole nitrogens is 1. The predicted molar refractivity (Wildman–Crippen MR) is 119 cm³/mol. The molecule has 0 spiro atoms. The van der Waals surface area contributed by atoms with Gasteiger partial charge in [0.1, 0.15) is 12.1 Å². The van der Waals surface area contributed by atoms with E-state index < -0.39 is 4.92 Å².